The van der Waals surface area contributed by atoms with Gasteiger partial charge in [-0.1, -0.05) is 0 Å². The highest BCUT2D eigenvalue weighted by molar-refractivity contribution is 5.99. The van der Waals surface area contributed by atoms with E-state index in [1.807, 2.05) is 0 Å². The molecule has 146 valence electrons. The van der Waals surface area contributed by atoms with Gasteiger partial charge in [-0.25, -0.2) is 13.2 Å². The van der Waals surface area contributed by atoms with Crippen LogP contribution in [-0.4, -0.2) is 29.7 Å². The molecule has 1 amide bonds. The number of halogens is 4. The predicted molar refractivity (Wildman–Crippen MR) is 93.1 cm³/mol. The van der Waals surface area contributed by atoms with Crippen LogP contribution in [0.2, 0.25) is 0 Å². The Kier molecular flexibility index (Phi) is 6.67. The predicted octanol–water partition coefficient (Wildman–Crippen LogP) is 3.31. The molecule has 2 N–H and O–H groups in total. The number of hydrogen-bond donors (Lipinski definition) is 1. The third-order valence-corrected chi connectivity index (χ3v) is 4.51. The van der Waals surface area contributed by atoms with Gasteiger partial charge in [-0.2, -0.15) is 0 Å². The van der Waals surface area contributed by atoms with Crippen molar-refractivity contribution in [3.63, 3.8) is 0 Å². The van der Waals surface area contributed by atoms with Gasteiger partial charge in [0.25, 0.3) is 5.91 Å². The molecule has 9 heteroatoms. The van der Waals surface area contributed by atoms with E-state index in [4.69, 9.17) is 10.2 Å². The van der Waals surface area contributed by atoms with Crippen LogP contribution in [0.5, 0.6) is 0 Å². The summed E-state index contributed by atoms with van der Waals surface area (Å²) in [5.41, 5.74) is 5.08. The van der Waals surface area contributed by atoms with Gasteiger partial charge in [0.05, 0.1) is 17.7 Å². The number of furan rings is 1. The molecular formula is C18H18ClF3N2O3. The minimum atomic E-state index is -1.21. The zero-order valence-electron chi connectivity index (χ0n) is 14.2. The van der Waals surface area contributed by atoms with Crippen LogP contribution in [0.25, 0.3) is 0 Å². The van der Waals surface area contributed by atoms with Crippen molar-refractivity contribution in [1.29, 1.82) is 0 Å². The molecular weight excluding hydrogens is 385 g/mol. The van der Waals surface area contributed by atoms with Crippen molar-refractivity contribution in [2.24, 2.45) is 11.7 Å². The number of Topliss-reactive ketones (excluding diaryl/α,β-unsaturated/α-hetero) is 1. The van der Waals surface area contributed by atoms with Crippen molar-refractivity contribution in [2.75, 3.05) is 13.1 Å². The molecule has 1 fully saturated rings. The van der Waals surface area contributed by atoms with E-state index < -0.39 is 34.7 Å². The van der Waals surface area contributed by atoms with E-state index in [9.17, 15) is 22.8 Å². The fourth-order valence-corrected chi connectivity index (χ4v) is 3.11. The molecule has 0 spiro atoms. The molecule has 2 aromatic rings. The zero-order chi connectivity index (χ0) is 18.8. The highest BCUT2D eigenvalue weighted by Crippen LogP contribution is 2.26. The Morgan fingerprint density at radius 1 is 1.11 bits per heavy atom. The second-order valence-corrected chi connectivity index (χ2v) is 6.18. The van der Waals surface area contributed by atoms with Crippen LogP contribution < -0.4 is 5.73 Å². The molecule has 0 aliphatic carbocycles. The van der Waals surface area contributed by atoms with Crippen LogP contribution in [0.3, 0.4) is 0 Å². The Hall–Kier alpha value is -2.32. The van der Waals surface area contributed by atoms with E-state index in [1.165, 1.54) is 6.26 Å². The maximum Gasteiger partial charge on any atom is 0.257 e. The van der Waals surface area contributed by atoms with Crippen molar-refractivity contribution in [2.45, 2.75) is 19.4 Å². The van der Waals surface area contributed by atoms with Gasteiger partial charge in [-0.05, 0) is 18.9 Å². The summed E-state index contributed by atoms with van der Waals surface area (Å²) in [5.74, 6) is -4.59. The summed E-state index contributed by atoms with van der Waals surface area (Å²) in [6.45, 7) is 0.713. The second kappa shape index (κ2) is 8.58. The Balaban J connectivity index is 0.00000261. The van der Waals surface area contributed by atoms with Gasteiger partial charge in [0.15, 0.2) is 5.78 Å². The van der Waals surface area contributed by atoms with E-state index in [0.29, 0.717) is 23.5 Å². The summed E-state index contributed by atoms with van der Waals surface area (Å²) in [6, 6.07) is 2.54. The second-order valence-electron chi connectivity index (χ2n) is 6.18. The van der Waals surface area contributed by atoms with E-state index in [-0.39, 0.29) is 50.8 Å². The van der Waals surface area contributed by atoms with Crippen LogP contribution in [0, 0.1) is 23.4 Å². The number of carbonyl (C=O) groups excluding carboxylic acids is 2. The molecule has 1 aliphatic heterocycles. The van der Waals surface area contributed by atoms with Crippen LogP contribution in [0.15, 0.2) is 28.9 Å². The molecule has 1 aliphatic rings. The molecule has 1 saturated heterocycles. The van der Waals surface area contributed by atoms with Gasteiger partial charge >= 0.3 is 0 Å². The van der Waals surface area contributed by atoms with Gasteiger partial charge in [0, 0.05) is 31.1 Å². The average Bonchev–Trinajstić information content (AvgIpc) is 3.09. The first-order valence-electron chi connectivity index (χ1n) is 8.16. The Morgan fingerprint density at radius 3 is 2.22 bits per heavy atom. The van der Waals surface area contributed by atoms with Crippen molar-refractivity contribution < 1.29 is 27.2 Å². The summed E-state index contributed by atoms with van der Waals surface area (Å²) < 4.78 is 45.7. The Bertz CT molecular complexity index is 825. The number of piperidine rings is 1. The number of hydrogen-bond acceptors (Lipinski definition) is 4. The number of nitrogens with two attached hydrogens (primary N) is 1. The maximum atomic E-state index is 13.8. The molecule has 1 aromatic heterocycles. The topological polar surface area (TPSA) is 76.5 Å². The molecule has 3 rings (SSSR count). The van der Waals surface area contributed by atoms with E-state index >= 15 is 0 Å². The minimum Gasteiger partial charge on any atom is -0.467 e. The van der Waals surface area contributed by atoms with Crippen LogP contribution in [0.1, 0.15) is 39.3 Å². The SMILES string of the molecule is Cl.NCc1cc(C(=O)N2CCC(C(=O)c3c(F)cc(F)cc3F)CC2)co1. The number of nitrogens with zero attached hydrogens (tertiary/aromatic N) is 1. The molecule has 1 aromatic carbocycles. The Labute approximate surface area is 159 Å². The van der Waals surface area contributed by atoms with Gasteiger partial charge in [0.2, 0.25) is 0 Å². The molecule has 5 nitrogen and oxygen atoms in total. The highest BCUT2D eigenvalue weighted by atomic mass is 35.5. The quantitative estimate of drug-likeness (QED) is 0.796. The van der Waals surface area contributed by atoms with Gasteiger partial charge in [-0.3, -0.25) is 9.59 Å². The third-order valence-electron chi connectivity index (χ3n) is 4.51. The van der Waals surface area contributed by atoms with Gasteiger partial charge in [-0.15, -0.1) is 12.4 Å². The number of rotatable bonds is 4. The molecule has 0 saturated carbocycles. The van der Waals surface area contributed by atoms with Crippen molar-refractivity contribution >= 4 is 24.1 Å². The van der Waals surface area contributed by atoms with E-state index in [0.717, 1.165) is 0 Å². The number of ketones is 1. The fourth-order valence-electron chi connectivity index (χ4n) is 3.11. The minimum absolute atomic E-state index is 0. The van der Waals surface area contributed by atoms with E-state index in [2.05, 4.69) is 0 Å². The third kappa shape index (κ3) is 4.33. The van der Waals surface area contributed by atoms with E-state index in [1.54, 1.807) is 11.0 Å². The first kappa shape index (κ1) is 21.0. The standard InChI is InChI=1S/C18H17F3N2O3.ClH/c19-12-6-14(20)16(15(21)7-12)17(24)10-1-3-23(4-2-10)18(25)11-5-13(8-22)26-9-11;/h5-7,9-10H,1-4,8,22H2;1H. The van der Waals surface area contributed by atoms with Crippen LogP contribution in [-0.2, 0) is 6.54 Å². The zero-order valence-corrected chi connectivity index (χ0v) is 15.0. The van der Waals surface area contributed by atoms with Crippen LogP contribution in [0.4, 0.5) is 13.2 Å². The van der Waals surface area contributed by atoms with Crippen molar-refractivity contribution in [3.05, 3.63) is 58.8 Å². The number of benzene rings is 1. The maximum absolute atomic E-state index is 13.8. The number of carbonyl (C=O) groups is 2. The lowest BCUT2D eigenvalue weighted by Gasteiger charge is -2.31. The van der Waals surface area contributed by atoms with Crippen LogP contribution >= 0.6 is 12.4 Å². The Morgan fingerprint density at radius 2 is 1.70 bits per heavy atom. The normalized spacial score (nSPS) is 14.7. The first-order chi connectivity index (χ1) is 12.4. The summed E-state index contributed by atoms with van der Waals surface area (Å²) in [7, 11) is 0. The van der Waals surface area contributed by atoms with Crippen molar-refractivity contribution in [3.8, 4) is 0 Å². The molecule has 0 atom stereocenters. The average molecular weight is 403 g/mol. The first-order valence-corrected chi connectivity index (χ1v) is 8.16. The van der Waals surface area contributed by atoms with Gasteiger partial charge in [0.1, 0.15) is 29.5 Å². The molecule has 0 unspecified atom stereocenters. The molecule has 2 heterocycles. The fraction of sp³-hybridized carbons (Fsp3) is 0.333. The summed E-state index contributed by atoms with van der Waals surface area (Å²) >= 11 is 0. The number of amides is 1. The highest BCUT2D eigenvalue weighted by Gasteiger charge is 2.31. The monoisotopic (exact) mass is 402 g/mol. The lowest BCUT2D eigenvalue weighted by atomic mass is 9.88. The summed E-state index contributed by atoms with van der Waals surface area (Å²) in [5, 5.41) is 0. The molecule has 27 heavy (non-hydrogen) atoms. The number of likely N-dealkylation sites (tertiary alicyclic amines) is 1. The summed E-state index contributed by atoms with van der Waals surface area (Å²) in [4.78, 5) is 26.4. The smallest absolute Gasteiger partial charge is 0.257 e. The molecule has 0 bridgehead atoms. The summed E-state index contributed by atoms with van der Waals surface area (Å²) in [6.07, 6.45) is 1.86. The van der Waals surface area contributed by atoms with Gasteiger partial charge < -0.3 is 15.1 Å². The molecule has 0 radical (unpaired) electrons. The lowest BCUT2D eigenvalue weighted by Crippen LogP contribution is -2.40. The van der Waals surface area contributed by atoms with Crippen molar-refractivity contribution in [1.82, 2.24) is 4.90 Å². The lowest BCUT2D eigenvalue weighted by molar-refractivity contribution is 0.0647. The largest absolute Gasteiger partial charge is 0.467 e.